The standard InChI is InChI=1S/C13H15N5O/c19-13(11-2-1-5-14-10-11)17-7-3-12(4-8-17)18-9-6-15-16-18/h1-2,5-6,9-10,12H,3-4,7-8H2. The summed E-state index contributed by atoms with van der Waals surface area (Å²) in [6.45, 7) is 1.50. The van der Waals surface area contributed by atoms with Gasteiger partial charge in [-0.25, -0.2) is 4.68 Å². The van der Waals surface area contributed by atoms with Crippen molar-refractivity contribution in [3.8, 4) is 0 Å². The van der Waals surface area contributed by atoms with Crippen LogP contribution in [0, 0.1) is 0 Å². The normalized spacial score (nSPS) is 16.5. The minimum Gasteiger partial charge on any atom is -0.338 e. The van der Waals surface area contributed by atoms with Crippen molar-refractivity contribution in [1.82, 2.24) is 24.9 Å². The first-order chi connectivity index (χ1) is 9.34. The number of likely N-dealkylation sites (tertiary alicyclic amines) is 1. The monoisotopic (exact) mass is 257 g/mol. The summed E-state index contributed by atoms with van der Waals surface area (Å²) in [4.78, 5) is 18.1. The summed E-state index contributed by atoms with van der Waals surface area (Å²) >= 11 is 0. The number of piperidine rings is 1. The zero-order chi connectivity index (χ0) is 13.1. The average Bonchev–Trinajstić information content (AvgIpc) is 3.02. The minimum atomic E-state index is 0.0603. The quantitative estimate of drug-likeness (QED) is 0.809. The molecule has 0 spiro atoms. The summed E-state index contributed by atoms with van der Waals surface area (Å²) in [7, 11) is 0. The van der Waals surface area contributed by atoms with Crippen LogP contribution in [-0.4, -0.2) is 43.9 Å². The lowest BCUT2D eigenvalue weighted by Gasteiger charge is -2.31. The highest BCUT2D eigenvalue weighted by molar-refractivity contribution is 5.93. The Morgan fingerprint density at radius 1 is 1.26 bits per heavy atom. The van der Waals surface area contributed by atoms with E-state index in [9.17, 15) is 4.79 Å². The third-order valence-corrected chi connectivity index (χ3v) is 3.48. The second-order valence-electron chi connectivity index (χ2n) is 4.65. The van der Waals surface area contributed by atoms with Gasteiger partial charge in [0.05, 0.1) is 17.8 Å². The second-order valence-corrected chi connectivity index (χ2v) is 4.65. The first-order valence-electron chi connectivity index (χ1n) is 6.40. The summed E-state index contributed by atoms with van der Waals surface area (Å²) < 4.78 is 1.88. The predicted octanol–water partition coefficient (Wildman–Crippen LogP) is 1.15. The molecule has 1 saturated heterocycles. The zero-order valence-electron chi connectivity index (χ0n) is 10.5. The Morgan fingerprint density at radius 2 is 2.11 bits per heavy atom. The fourth-order valence-electron chi connectivity index (χ4n) is 2.42. The van der Waals surface area contributed by atoms with E-state index in [2.05, 4.69) is 15.3 Å². The van der Waals surface area contributed by atoms with E-state index in [0.717, 1.165) is 25.9 Å². The van der Waals surface area contributed by atoms with Crippen LogP contribution in [0.5, 0.6) is 0 Å². The first-order valence-corrected chi connectivity index (χ1v) is 6.40. The van der Waals surface area contributed by atoms with Crippen molar-refractivity contribution in [2.45, 2.75) is 18.9 Å². The Bertz CT molecular complexity index is 531. The zero-order valence-corrected chi connectivity index (χ0v) is 10.5. The van der Waals surface area contributed by atoms with E-state index in [4.69, 9.17) is 0 Å². The molecule has 0 radical (unpaired) electrons. The molecule has 0 N–H and O–H groups in total. The number of aromatic nitrogens is 4. The third kappa shape index (κ3) is 2.47. The maximum absolute atomic E-state index is 12.2. The SMILES string of the molecule is O=C(c1cccnc1)N1CCC(n2ccnn2)CC1. The van der Waals surface area contributed by atoms with Gasteiger partial charge >= 0.3 is 0 Å². The van der Waals surface area contributed by atoms with Crippen molar-refractivity contribution < 1.29 is 4.79 Å². The Morgan fingerprint density at radius 3 is 2.74 bits per heavy atom. The molecule has 1 aliphatic rings. The van der Waals surface area contributed by atoms with E-state index >= 15 is 0 Å². The van der Waals surface area contributed by atoms with Crippen molar-refractivity contribution in [1.29, 1.82) is 0 Å². The lowest BCUT2D eigenvalue weighted by molar-refractivity contribution is 0.0689. The van der Waals surface area contributed by atoms with Crippen LogP contribution in [0.25, 0.3) is 0 Å². The van der Waals surface area contributed by atoms with Gasteiger partial charge in [-0.15, -0.1) is 5.10 Å². The van der Waals surface area contributed by atoms with Crippen molar-refractivity contribution in [3.05, 3.63) is 42.5 Å². The molecule has 1 fully saturated rings. The van der Waals surface area contributed by atoms with E-state index in [1.165, 1.54) is 0 Å². The summed E-state index contributed by atoms with van der Waals surface area (Å²) in [6.07, 6.45) is 8.68. The van der Waals surface area contributed by atoms with Crippen molar-refractivity contribution in [2.75, 3.05) is 13.1 Å². The third-order valence-electron chi connectivity index (χ3n) is 3.48. The molecule has 6 heteroatoms. The molecule has 0 aromatic carbocycles. The van der Waals surface area contributed by atoms with E-state index < -0.39 is 0 Å². The maximum Gasteiger partial charge on any atom is 0.255 e. The molecular formula is C13H15N5O. The molecule has 0 saturated carbocycles. The maximum atomic E-state index is 12.2. The number of carbonyl (C=O) groups is 1. The summed E-state index contributed by atoms with van der Waals surface area (Å²) in [5.74, 6) is 0.0603. The molecule has 0 aliphatic carbocycles. The van der Waals surface area contributed by atoms with E-state index in [1.807, 2.05) is 15.8 Å². The predicted molar refractivity (Wildman–Crippen MR) is 68.4 cm³/mol. The summed E-state index contributed by atoms with van der Waals surface area (Å²) in [5, 5.41) is 7.84. The van der Waals surface area contributed by atoms with Gasteiger partial charge in [-0.1, -0.05) is 5.21 Å². The molecular weight excluding hydrogens is 242 g/mol. The summed E-state index contributed by atoms with van der Waals surface area (Å²) in [5.41, 5.74) is 0.654. The number of hydrogen-bond donors (Lipinski definition) is 0. The van der Waals surface area contributed by atoms with Gasteiger partial charge in [0.1, 0.15) is 0 Å². The molecule has 0 bridgehead atoms. The van der Waals surface area contributed by atoms with Gasteiger partial charge in [0.25, 0.3) is 5.91 Å². The van der Waals surface area contributed by atoms with Gasteiger partial charge in [-0.3, -0.25) is 9.78 Å². The molecule has 3 rings (SSSR count). The molecule has 1 aliphatic heterocycles. The smallest absolute Gasteiger partial charge is 0.255 e. The van der Waals surface area contributed by atoms with Crippen molar-refractivity contribution in [3.63, 3.8) is 0 Å². The van der Waals surface area contributed by atoms with Gasteiger partial charge in [0.15, 0.2) is 0 Å². The number of nitrogens with zero attached hydrogens (tertiary/aromatic N) is 5. The Kier molecular flexibility index (Phi) is 3.22. The fourth-order valence-corrected chi connectivity index (χ4v) is 2.42. The Hall–Kier alpha value is -2.24. The lowest BCUT2D eigenvalue weighted by Crippen LogP contribution is -2.39. The molecule has 19 heavy (non-hydrogen) atoms. The number of hydrogen-bond acceptors (Lipinski definition) is 4. The molecule has 0 unspecified atom stereocenters. The highest BCUT2D eigenvalue weighted by atomic mass is 16.2. The van der Waals surface area contributed by atoms with Crippen LogP contribution >= 0.6 is 0 Å². The van der Waals surface area contributed by atoms with Gasteiger partial charge in [-0.05, 0) is 25.0 Å². The van der Waals surface area contributed by atoms with Gasteiger partial charge in [0, 0.05) is 31.7 Å². The molecule has 98 valence electrons. The van der Waals surface area contributed by atoms with Crippen LogP contribution in [0.4, 0.5) is 0 Å². The van der Waals surface area contributed by atoms with Gasteiger partial charge in [0.2, 0.25) is 0 Å². The van der Waals surface area contributed by atoms with E-state index in [1.54, 1.807) is 30.7 Å². The molecule has 2 aromatic heterocycles. The van der Waals surface area contributed by atoms with E-state index in [-0.39, 0.29) is 5.91 Å². The van der Waals surface area contributed by atoms with Crippen LogP contribution in [0.3, 0.4) is 0 Å². The van der Waals surface area contributed by atoms with Crippen molar-refractivity contribution >= 4 is 5.91 Å². The highest BCUT2D eigenvalue weighted by Crippen LogP contribution is 2.22. The first kappa shape index (κ1) is 11.8. The van der Waals surface area contributed by atoms with Crippen LogP contribution in [0.15, 0.2) is 36.9 Å². The largest absolute Gasteiger partial charge is 0.338 e. The van der Waals surface area contributed by atoms with Crippen LogP contribution in [0.1, 0.15) is 29.2 Å². The molecule has 2 aromatic rings. The molecule has 6 nitrogen and oxygen atoms in total. The van der Waals surface area contributed by atoms with Crippen LogP contribution in [0.2, 0.25) is 0 Å². The van der Waals surface area contributed by atoms with Crippen LogP contribution < -0.4 is 0 Å². The van der Waals surface area contributed by atoms with Crippen LogP contribution in [-0.2, 0) is 0 Å². The lowest BCUT2D eigenvalue weighted by atomic mass is 10.0. The van der Waals surface area contributed by atoms with Crippen molar-refractivity contribution in [2.24, 2.45) is 0 Å². The fraction of sp³-hybridized carbons (Fsp3) is 0.385. The van der Waals surface area contributed by atoms with Gasteiger partial charge < -0.3 is 4.90 Å². The topological polar surface area (TPSA) is 63.9 Å². The number of carbonyl (C=O) groups excluding carboxylic acids is 1. The number of pyridine rings is 1. The minimum absolute atomic E-state index is 0.0603. The molecule has 3 heterocycles. The van der Waals surface area contributed by atoms with E-state index in [0.29, 0.717) is 11.6 Å². The summed E-state index contributed by atoms with van der Waals surface area (Å²) in [6, 6.07) is 3.94. The number of rotatable bonds is 2. The Labute approximate surface area is 111 Å². The second kappa shape index (κ2) is 5.17. The van der Waals surface area contributed by atoms with Gasteiger partial charge in [-0.2, -0.15) is 0 Å². The Balaban J connectivity index is 1.63. The molecule has 0 atom stereocenters. The average molecular weight is 257 g/mol. The molecule has 1 amide bonds. The number of amides is 1. The highest BCUT2D eigenvalue weighted by Gasteiger charge is 2.24.